The number of hydrogen-bond donors (Lipinski definition) is 3. The van der Waals surface area contributed by atoms with E-state index < -0.39 is 0 Å². The van der Waals surface area contributed by atoms with Crippen LogP contribution < -0.4 is 16.0 Å². The first-order chi connectivity index (χ1) is 8.24. The molecule has 0 aromatic heterocycles. The maximum atomic E-state index is 11.8. The molecule has 0 aliphatic carbocycles. The van der Waals surface area contributed by atoms with Crippen molar-refractivity contribution in [3.63, 3.8) is 0 Å². The van der Waals surface area contributed by atoms with Crippen LogP contribution in [0.25, 0.3) is 0 Å². The minimum Gasteiger partial charge on any atom is -0.355 e. The monoisotopic (exact) mass is 241 g/mol. The molecule has 1 aliphatic rings. The van der Waals surface area contributed by atoms with Crippen molar-refractivity contribution >= 4 is 11.8 Å². The van der Waals surface area contributed by atoms with Gasteiger partial charge in [-0.15, -0.1) is 0 Å². The van der Waals surface area contributed by atoms with Gasteiger partial charge in [0.2, 0.25) is 11.8 Å². The molecule has 2 amide bonds. The predicted molar refractivity (Wildman–Crippen MR) is 66.6 cm³/mol. The lowest BCUT2D eigenvalue weighted by atomic mass is 10.1. The SMILES string of the molecule is CCCNC(=O)CNC(=O)C1CCCCCN1. The van der Waals surface area contributed by atoms with E-state index >= 15 is 0 Å². The van der Waals surface area contributed by atoms with E-state index in [1.54, 1.807) is 0 Å². The van der Waals surface area contributed by atoms with Crippen molar-refractivity contribution < 1.29 is 9.59 Å². The number of nitrogens with one attached hydrogen (secondary N) is 3. The van der Waals surface area contributed by atoms with E-state index in [0.717, 1.165) is 32.2 Å². The molecule has 0 aromatic carbocycles. The summed E-state index contributed by atoms with van der Waals surface area (Å²) in [6.45, 7) is 3.63. The first kappa shape index (κ1) is 14.0. The van der Waals surface area contributed by atoms with Gasteiger partial charge in [-0.1, -0.05) is 19.8 Å². The minimum atomic E-state index is -0.128. The molecule has 1 rings (SSSR count). The lowest BCUT2D eigenvalue weighted by Crippen LogP contribution is -2.46. The Morgan fingerprint density at radius 1 is 1.24 bits per heavy atom. The first-order valence-corrected chi connectivity index (χ1v) is 6.52. The van der Waals surface area contributed by atoms with Gasteiger partial charge >= 0.3 is 0 Å². The van der Waals surface area contributed by atoms with Crippen LogP contribution in [0.15, 0.2) is 0 Å². The third-order valence-corrected chi connectivity index (χ3v) is 2.87. The van der Waals surface area contributed by atoms with Crippen LogP contribution in [0, 0.1) is 0 Å². The second kappa shape index (κ2) is 8.06. The number of carbonyl (C=O) groups is 2. The largest absolute Gasteiger partial charge is 0.355 e. The first-order valence-electron chi connectivity index (χ1n) is 6.52. The smallest absolute Gasteiger partial charge is 0.239 e. The lowest BCUT2D eigenvalue weighted by Gasteiger charge is -2.15. The zero-order chi connectivity index (χ0) is 12.5. The summed E-state index contributed by atoms with van der Waals surface area (Å²) in [4.78, 5) is 23.1. The fourth-order valence-electron chi connectivity index (χ4n) is 1.87. The molecule has 0 aromatic rings. The van der Waals surface area contributed by atoms with Crippen LogP contribution in [0.4, 0.5) is 0 Å². The fraction of sp³-hybridized carbons (Fsp3) is 0.833. The van der Waals surface area contributed by atoms with E-state index in [0.29, 0.717) is 6.54 Å². The Labute approximate surface area is 103 Å². The molecule has 0 spiro atoms. The Kier molecular flexibility index (Phi) is 6.62. The molecule has 1 heterocycles. The predicted octanol–water partition coefficient (Wildman–Crippen LogP) is 0.161. The molecule has 0 radical (unpaired) electrons. The zero-order valence-electron chi connectivity index (χ0n) is 10.6. The zero-order valence-corrected chi connectivity index (χ0v) is 10.6. The quantitative estimate of drug-likeness (QED) is 0.642. The van der Waals surface area contributed by atoms with Crippen LogP contribution in [-0.2, 0) is 9.59 Å². The number of hydrogen-bond acceptors (Lipinski definition) is 3. The number of rotatable bonds is 5. The van der Waals surface area contributed by atoms with E-state index in [2.05, 4.69) is 16.0 Å². The Hall–Kier alpha value is -1.10. The average Bonchev–Trinajstić information content (AvgIpc) is 2.62. The lowest BCUT2D eigenvalue weighted by molar-refractivity contribution is -0.127. The van der Waals surface area contributed by atoms with Crippen molar-refractivity contribution in [3.05, 3.63) is 0 Å². The standard InChI is InChI=1S/C12H23N3O2/c1-2-7-14-11(16)9-15-12(17)10-6-4-3-5-8-13-10/h10,13H,2-9H2,1H3,(H,14,16)(H,15,17). The summed E-state index contributed by atoms with van der Waals surface area (Å²) in [7, 11) is 0. The van der Waals surface area contributed by atoms with E-state index in [1.165, 1.54) is 6.42 Å². The van der Waals surface area contributed by atoms with Crippen molar-refractivity contribution in [2.75, 3.05) is 19.6 Å². The van der Waals surface area contributed by atoms with Crippen molar-refractivity contribution in [2.45, 2.75) is 45.1 Å². The highest BCUT2D eigenvalue weighted by molar-refractivity contribution is 5.87. The van der Waals surface area contributed by atoms with E-state index in [4.69, 9.17) is 0 Å². The van der Waals surface area contributed by atoms with Crippen molar-refractivity contribution in [2.24, 2.45) is 0 Å². The summed E-state index contributed by atoms with van der Waals surface area (Å²) in [6, 6.07) is -0.128. The molecule has 5 heteroatoms. The van der Waals surface area contributed by atoms with Crippen molar-refractivity contribution in [1.82, 2.24) is 16.0 Å². The molecule has 3 N–H and O–H groups in total. The number of carbonyl (C=O) groups excluding carboxylic acids is 2. The highest BCUT2D eigenvalue weighted by Gasteiger charge is 2.19. The molecule has 17 heavy (non-hydrogen) atoms. The summed E-state index contributed by atoms with van der Waals surface area (Å²) in [5.74, 6) is -0.174. The van der Waals surface area contributed by atoms with Gasteiger partial charge in [-0.25, -0.2) is 0 Å². The highest BCUT2D eigenvalue weighted by atomic mass is 16.2. The Balaban J connectivity index is 2.21. The van der Waals surface area contributed by atoms with Crippen LogP contribution in [0.3, 0.4) is 0 Å². The van der Waals surface area contributed by atoms with Gasteiger partial charge in [0.1, 0.15) is 0 Å². The van der Waals surface area contributed by atoms with Gasteiger partial charge in [-0.3, -0.25) is 9.59 Å². The summed E-state index contributed by atoms with van der Waals surface area (Å²) < 4.78 is 0. The summed E-state index contributed by atoms with van der Waals surface area (Å²) in [5, 5.41) is 8.61. The highest BCUT2D eigenvalue weighted by Crippen LogP contribution is 2.08. The van der Waals surface area contributed by atoms with E-state index in [1.807, 2.05) is 6.92 Å². The maximum Gasteiger partial charge on any atom is 0.239 e. The Morgan fingerprint density at radius 3 is 2.82 bits per heavy atom. The summed E-state index contributed by atoms with van der Waals surface area (Å²) in [5.41, 5.74) is 0. The molecule has 1 atom stereocenters. The van der Waals surface area contributed by atoms with Gasteiger partial charge < -0.3 is 16.0 Å². The third kappa shape index (κ3) is 5.68. The molecule has 0 bridgehead atoms. The Morgan fingerprint density at radius 2 is 2.06 bits per heavy atom. The van der Waals surface area contributed by atoms with Gasteiger partial charge in [0, 0.05) is 6.54 Å². The summed E-state index contributed by atoms with van der Waals surface area (Å²) >= 11 is 0. The van der Waals surface area contributed by atoms with E-state index in [9.17, 15) is 9.59 Å². The van der Waals surface area contributed by atoms with E-state index in [-0.39, 0.29) is 24.4 Å². The average molecular weight is 241 g/mol. The number of amides is 2. The molecule has 0 saturated carbocycles. The van der Waals surface area contributed by atoms with Crippen molar-refractivity contribution in [1.29, 1.82) is 0 Å². The van der Waals surface area contributed by atoms with Crippen LogP contribution in [0.5, 0.6) is 0 Å². The molecular weight excluding hydrogens is 218 g/mol. The normalized spacial score (nSPS) is 20.4. The molecule has 1 fully saturated rings. The fourth-order valence-corrected chi connectivity index (χ4v) is 1.87. The van der Waals surface area contributed by atoms with Crippen molar-refractivity contribution in [3.8, 4) is 0 Å². The maximum absolute atomic E-state index is 11.8. The van der Waals surface area contributed by atoms with Gasteiger partial charge in [-0.05, 0) is 25.8 Å². The Bertz CT molecular complexity index is 248. The summed E-state index contributed by atoms with van der Waals surface area (Å²) in [6.07, 6.45) is 5.15. The molecule has 98 valence electrons. The molecule has 1 saturated heterocycles. The minimum absolute atomic E-state index is 0.0569. The molecule has 1 aliphatic heterocycles. The van der Waals surface area contributed by atoms with Crippen LogP contribution in [-0.4, -0.2) is 37.5 Å². The van der Waals surface area contributed by atoms with Gasteiger partial charge in [0.25, 0.3) is 0 Å². The van der Waals surface area contributed by atoms with Gasteiger partial charge in [0.15, 0.2) is 0 Å². The second-order valence-corrected chi connectivity index (χ2v) is 4.42. The molecule has 5 nitrogen and oxygen atoms in total. The topological polar surface area (TPSA) is 70.2 Å². The van der Waals surface area contributed by atoms with Crippen LogP contribution in [0.1, 0.15) is 39.0 Å². The van der Waals surface area contributed by atoms with Gasteiger partial charge in [0.05, 0.1) is 12.6 Å². The molecule has 1 unspecified atom stereocenters. The van der Waals surface area contributed by atoms with Crippen LogP contribution in [0.2, 0.25) is 0 Å². The van der Waals surface area contributed by atoms with Gasteiger partial charge in [-0.2, -0.15) is 0 Å². The third-order valence-electron chi connectivity index (χ3n) is 2.87. The molecular formula is C12H23N3O2. The second-order valence-electron chi connectivity index (χ2n) is 4.42. The van der Waals surface area contributed by atoms with Crippen LogP contribution >= 0.6 is 0 Å².